The number of para-hydroxylation sites is 2. The average Bonchev–Trinajstić information content (AvgIpc) is 2.99. The highest BCUT2D eigenvalue weighted by Crippen LogP contribution is 2.22. The molecule has 0 aliphatic rings. The van der Waals surface area contributed by atoms with Crippen LogP contribution < -0.4 is 5.43 Å². The molecule has 8 heteroatoms. The monoisotopic (exact) mass is 378 g/mol. The summed E-state index contributed by atoms with van der Waals surface area (Å²) >= 11 is 13.1. The van der Waals surface area contributed by atoms with E-state index >= 15 is 0 Å². The van der Waals surface area contributed by atoms with E-state index in [1.54, 1.807) is 18.2 Å². The molecule has 3 rings (SSSR count). The molecule has 0 unspecified atom stereocenters. The Bertz CT molecular complexity index is 877. The molecule has 0 bridgehead atoms. The lowest BCUT2D eigenvalue weighted by Gasteiger charge is -1.99. The van der Waals surface area contributed by atoms with E-state index in [0.29, 0.717) is 15.2 Å². The zero-order valence-electron chi connectivity index (χ0n) is 12.3. The first-order chi connectivity index (χ1) is 11.6. The van der Waals surface area contributed by atoms with Crippen molar-refractivity contribution in [2.24, 2.45) is 5.10 Å². The second-order valence-electron chi connectivity index (χ2n) is 4.81. The van der Waals surface area contributed by atoms with E-state index in [1.807, 2.05) is 24.3 Å². The molecule has 0 atom stereocenters. The Morgan fingerprint density at radius 3 is 2.88 bits per heavy atom. The van der Waals surface area contributed by atoms with Gasteiger partial charge >= 0.3 is 0 Å². The van der Waals surface area contributed by atoms with Crippen LogP contribution in [0, 0.1) is 0 Å². The number of amides is 1. The van der Waals surface area contributed by atoms with Crippen LogP contribution in [0.2, 0.25) is 10.0 Å². The maximum Gasteiger partial charge on any atom is 0.250 e. The molecule has 1 aromatic heterocycles. The number of carbonyl (C=O) groups excluding carboxylic acids is 1. The smallest absolute Gasteiger partial charge is 0.250 e. The van der Waals surface area contributed by atoms with Gasteiger partial charge in [-0.3, -0.25) is 4.79 Å². The summed E-state index contributed by atoms with van der Waals surface area (Å²) in [5, 5.41) is 5.50. The third-order valence-corrected chi connectivity index (χ3v) is 4.67. The minimum atomic E-state index is -0.225. The number of imidazole rings is 1. The lowest BCUT2D eigenvalue weighted by Crippen LogP contribution is -2.19. The third kappa shape index (κ3) is 4.29. The average molecular weight is 379 g/mol. The second kappa shape index (κ2) is 7.70. The number of rotatable bonds is 5. The third-order valence-electron chi connectivity index (χ3n) is 3.05. The number of fused-ring (bicyclic) bond motifs is 1. The van der Waals surface area contributed by atoms with Gasteiger partial charge in [0, 0.05) is 0 Å². The fourth-order valence-electron chi connectivity index (χ4n) is 1.94. The largest absolute Gasteiger partial charge is 0.333 e. The minimum absolute atomic E-state index is 0.207. The van der Waals surface area contributed by atoms with Crippen molar-refractivity contribution in [3.05, 3.63) is 58.1 Å². The second-order valence-corrected chi connectivity index (χ2v) is 6.59. The first kappa shape index (κ1) is 16.8. The Labute approximate surface area is 152 Å². The predicted octanol–water partition coefficient (Wildman–Crippen LogP) is 4.11. The van der Waals surface area contributed by atoms with Gasteiger partial charge < -0.3 is 4.98 Å². The van der Waals surface area contributed by atoms with Gasteiger partial charge in [0.1, 0.15) is 0 Å². The Balaban J connectivity index is 1.51. The quantitative estimate of drug-likeness (QED) is 0.398. The van der Waals surface area contributed by atoms with Crippen LogP contribution in [0.5, 0.6) is 0 Å². The lowest BCUT2D eigenvalue weighted by atomic mass is 10.2. The van der Waals surface area contributed by atoms with Gasteiger partial charge in [-0.25, -0.2) is 10.4 Å². The molecule has 0 aliphatic heterocycles. The Hall–Kier alpha value is -2.02. The highest BCUT2D eigenvalue weighted by Gasteiger charge is 2.06. The van der Waals surface area contributed by atoms with Crippen LogP contribution in [-0.2, 0) is 4.79 Å². The number of hydrazone groups is 1. The van der Waals surface area contributed by atoms with E-state index in [0.717, 1.165) is 16.6 Å². The summed E-state index contributed by atoms with van der Waals surface area (Å²) in [6, 6.07) is 12.8. The van der Waals surface area contributed by atoms with Crippen LogP contribution in [0.3, 0.4) is 0 Å². The van der Waals surface area contributed by atoms with E-state index in [4.69, 9.17) is 23.2 Å². The molecule has 0 fully saturated rings. The number of H-pyrrole nitrogens is 1. The van der Waals surface area contributed by atoms with Gasteiger partial charge in [-0.2, -0.15) is 5.10 Å². The van der Waals surface area contributed by atoms with Crippen molar-refractivity contribution in [2.45, 2.75) is 5.16 Å². The molecule has 1 heterocycles. The zero-order chi connectivity index (χ0) is 16.9. The van der Waals surface area contributed by atoms with Gasteiger partial charge in [-0.1, -0.05) is 53.2 Å². The molecule has 24 heavy (non-hydrogen) atoms. The number of aromatic amines is 1. The van der Waals surface area contributed by atoms with Crippen molar-refractivity contribution in [1.82, 2.24) is 15.4 Å². The summed E-state index contributed by atoms with van der Waals surface area (Å²) in [5.74, 6) is -0.0183. The molecular weight excluding hydrogens is 367 g/mol. The summed E-state index contributed by atoms with van der Waals surface area (Å²) in [7, 11) is 0. The highest BCUT2D eigenvalue weighted by molar-refractivity contribution is 7.99. The molecule has 3 aromatic rings. The number of carbonyl (C=O) groups is 1. The van der Waals surface area contributed by atoms with Gasteiger partial charge in [0.25, 0.3) is 5.91 Å². The molecule has 0 radical (unpaired) electrons. The van der Waals surface area contributed by atoms with Crippen LogP contribution in [0.15, 0.2) is 52.7 Å². The van der Waals surface area contributed by atoms with E-state index in [2.05, 4.69) is 20.5 Å². The van der Waals surface area contributed by atoms with Gasteiger partial charge in [-0.05, 0) is 29.8 Å². The van der Waals surface area contributed by atoms with Crippen molar-refractivity contribution in [2.75, 3.05) is 5.75 Å². The lowest BCUT2D eigenvalue weighted by molar-refractivity contribution is -0.118. The fourth-order valence-corrected chi connectivity index (χ4v) is 2.92. The van der Waals surface area contributed by atoms with Crippen molar-refractivity contribution in [3.8, 4) is 0 Å². The first-order valence-electron chi connectivity index (χ1n) is 6.96. The fraction of sp³-hybridized carbons (Fsp3) is 0.0625. The summed E-state index contributed by atoms with van der Waals surface area (Å²) in [4.78, 5) is 19.4. The van der Waals surface area contributed by atoms with E-state index in [1.165, 1.54) is 18.0 Å². The molecule has 2 N–H and O–H groups in total. The van der Waals surface area contributed by atoms with Gasteiger partial charge in [0.2, 0.25) is 0 Å². The summed E-state index contributed by atoms with van der Waals surface area (Å²) < 4.78 is 0. The van der Waals surface area contributed by atoms with Crippen molar-refractivity contribution in [1.29, 1.82) is 0 Å². The molecule has 5 nitrogen and oxygen atoms in total. The Kier molecular flexibility index (Phi) is 5.40. The molecule has 2 aromatic carbocycles. The number of nitrogens with one attached hydrogen (secondary N) is 2. The maximum atomic E-state index is 11.8. The van der Waals surface area contributed by atoms with Crippen molar-refractivity contribution < 1.29 is 4.79 Å². The standard InChI is InChI=1S/C16H12Cl2N4OS/c17-11-6-5-10(7-12(11)18)8-19-22-15(23)9-24-16-20-13-3-1-2-4-14(13)21-16/h1-8H,9H2,(H,20,21)(H,22,23)/b19-8-. The van der Waals surface area contributed by atoms with Crippen LogP contribution >= 0.6 is 35.0 Å². The van der Waals surface area contributed by atoms with Crippen molar-refractivity contribution >= 4 is 58.1 Å². The van der Waals surface area contributed by atoms with Gasteiger partial charge in [0.05, 0.1) is 33.0 Å². The summed E-state index contributed by atoms with van der Waals surface area (Å²) in [5.41, 5.74) is 5.02. The normalized spacial score (nSPS) is 11.2. The van der Waals surface area contributed by atoms with Crippen LogP contribution in [-0.4, -0.2) is 27.8 Å². The maximum absolute atomic E-state index is 11.8. The Morgan fingerprint density at radius 1 is 1.25 bits per heavy atom. The van der Waals surface area contributed by atoms with E-state index in [-0.39, 0.29) is 11.7 Å². The number of aromatic nitrogens is 2. The predicted molar refractivity (Wildman–Crippen MR) is 99.0 cm³/mol. The molecule has 0 aliphatic carbocycles. The van der Waals surface area contributed by atoms with Gasteiger partial charge in [0.15, 0.2) is 5.16 Å². The van der Waals surface area contributed by atoms with Crippen LogP contribution in [0.25, 0.3) is 11.0 Å². The number of halogens is 2. The van der Waals surface area contributed by atoms with Crippen molar-refractivity contribution in [3.63, 3.8) is 0 Å². The molecule has 1 amide bonds. The van der Waals surface area contributed by atoms with E-state index in [9.17, 15) is 4.79 Å². The van der Waals surface area contributed by atoms with Crippen LogP contribution in [0.1, 0.15) is 5.56 Å². The number of benzene rings is 2. The molecular formula is C16H12Cl2N4OS. The van der Waals surface area contributed by atoms with E-state index < -0.39 is 0 Å². The number of thioether (sulfide) groups is 1. The Morgan fingerprint density at radius 2 is 2.08 bits per heavy atom. The molecule has 0 saturated carbocycles. The molecule has 122 valence electrons. The number of nitrogens with zero attached hydrogens (tertiary/aromatic N) is 2. The minimum Gasteiger partial charge on any atom is -0.333 e. The highest BCUT2D eigenvalue weighted by atomic mass is 35.5. The zero-order valence-corrected chi connectivity index (χ0v) is 14.6. The first-order valence-corrected chi connectivity index (χ1v) is 8.70. The molecule has 0 saturated heterocycles. The SMILES string of the molecule is O=C(CSc1nc2ccccc2[nH]1)N/N=C\c1ccc(Cl)c(Cl)c1. The molecule has 0 spiro atoms. The van der Waals surface area contributed by atoms with Gasteiger partial charge in [-0.15, -0.1) is 0 Å². The summed E-state index contributed by atoms with van der Waals surface area (Å²) in [6.07, 6.45) is 1.51. The number of hydrogen-bond acceptors (Lipinski definition) is 4. The summed E-state index contributed by atoms with van der Waals surface area (Å²) in [6.45, 7) is 0. The van der Waals surface area contributed by atoms with Crippen LogP contribution in [0.4, 0.5) is 0 Å². The topological polar surface area (TPSA) is 70.1 Å². The number of hydrogen-bond donors (Lipinski definition) is 2.